The Balaban J connectivity index is 0.00000190. The second-order valence-electron chi connectivity index (χ2n) is 7.31. The first-order valence-electron chi connectivity index (χ1n) is 9.52. The van der Waals surface area contributed by atoms with Crippen molar-refractivity contribution in [2.45, 2.75) is 59.1 Å². The van der Waals surface area contributed by atoms with Crippen molar-refractivity contribution in [3.63, 3.8) is 0 Å². The Morgan fingerprint density at radius 2 is 1.93 bits per heavy atom. The van der Waals surface area contributed by atoms with E-state index in [4.69, 9.17) is 10.5 Å². The number of nitrogens with two attached hydrogens (primary N) is 1. The number of nitrogen functional groups attached to an aromatic ring is 1. The summed E-state index contributed by atoms with van der Waals surface area (Å²) in [5.41, 5.74) is 5.73. The number of hydrogen-bond acceptors (Lipinski definition) is 6. The van der Waals surface area contributed by atoms with Gasteiger partial charge in [0.25, 0.3) is 0 Å². The van der Waals surface area contributed by atoms with Crippen LogP contribution in [0.3, 0.4) is 0 Å². The Labute approximate surface area is 166 Å². The van der Waals surface area contributed by atoms with Gasteiger partial charge in [0.05, 0.1) is 18.4 Å². The van der Waals surface area contributed by atoms with Crippen LogP contribution in [0.5, 0.6) is 0 Å². The quantitative estimate of drug-likeness (QED) is 0.596. The van der Waals surface area contributed by atoms with Crippen LogP contribution >= 0.6 is 0 Å². The fourth-order valence-electron chi connectivity index (χ4n) is 2.90. The van der Waals surface area contributed by atoms with Crippen LogP contribution in [0.1, 0.15) is 57.8 Å². The highest BCUT2D eigenvalue weighted by Crippen LogP contribution is 2.28. The molecule has 158 valence electrons. The first kappa shape index (κ1) is 23.5. The molecule has 1 unspecified atom stereocenters. The Hall–Kier alpha value is -2.51. The van der Waals surface area contributed by atoms with Crippen LogP contribution in [-0.2, 0) is 9.47 Å². The fourth-order valence-corrected chi connectivity index (χ4v) is 2.90. The summed E-state index contributed by atoms with van der Waals surface area (Å²) >= 11 is 0. The standard InChI is InChI=1S/C18H26FN3O4.C2H6/c1-18(2,3)26-17(24)21-11-6-5-7-22(10-11)15-9-14(20)12(8-13(15)19)16(23)25-4;1-2/h8-9,11H,5-7,10,20H2,1-4H3,(H,21,24);1-2H3. The van der Waals surface area contributed by atoms with E-state index in [1.54, 1.807) is 25.7 Å². The van der Waals surface area contributed by atoms with Crippen LogP contribution in [0, 0.1) is 5.82 Å². The molecule has 1 aromatic carbocycles. The van der Waals surface area contributed by atoms with Crippen molar-refractivity contribution in [2.24, 2.45) is 0 Å². The average Bonchev–Trinajstić information content (AvgIpc) is 2.63. The molecule has 0 bridgehead atoms. The second kappa shape index (κ2) is 10.1. The third-order valence-electron chi connectivity index (χ3n) is 4.01. The Morgan fingerprint density at radius 1 is 1.29 bits per heavy atom. The highest BCUT2D eigenvalue weighted by molar-refractivity contribution is 5.95. The normalized spacial score (nSPS) is 16.5. The van der Waals surface area contributed by atoms with Crippen LogP contribution < -0.4 is 16.0 Å². The molecule has 0 radical (unpaired) electrons. The number of rotatable bonds is 3. The molecule has 1 amide bonds. The molecule has 1 aliphatic heterocycles. The summed E-state index contributed by atoms with van der Waals surface area (Å²) in [4.78, 5) is 25.4. The molecule has 0 saturated carbocycles. The van der Waals surface area contributed by atoms with E-state index in [9.17, 15) is 14.0 Å². The van der Waals surface area contributed by atoms with Gasteiger partial charge in [0.2, 0.25) is 0 Å². The predicted molar refractivity (Wildman–Crippen MR) is 108 cm³/mol. The minimum atomic E-state index is -0.684. The van der Waals surface area contributed by atoms with Gasteiger partial charge in [-0.2, -0.15) is 0 Å². The molecule has 0 spiro atoms. The van der Waals surface area contributed by atoms with Gasteiger partial charge in [0, 0.05) is 24.8 Å². The zero-order valence-electron chi connectivity index (χ0n) is 17.6. The number of anilines is 2. The minimum Gasteiger partial charge on any atom is -0.465 e. The van der Waals surface area contributed by atoms with E-state index in [0.717, 1.165) is 18.9 Å². The lowest BCUT2D eigenvalue weighted by Gasteiger charge is -2.35. The van der Waals surface area contributed by atoms with Gasteiger partial charge in [-0.05, 0) is 45.7 Å². The number of halogens is 1. The minimum absolute atomic E-state index is 0.00538. The van der Waals surface area contributed by atoms with Crippen LogP contribution in [-0.4, -0.2) is 43.9 Å². The van der Waals surface area contributed by atoms with E-state index in [-0.39, 0.29) is 17.3 Å². The lowest BCUT2D eigenvalue weighted by atomic mass is 10.0. The molecule has 3 N–H and O–H groups in total. The lowest BCUT2D eigenvalue weighted by Crippen LogP contribution is -2.49. The van der Waals surface area contributed by atoms with Crippen LogP contribution in [0.4, 0.5) is 20.6 Å². The Kier molecular flexibility index (Phi) is 8.53. The van der Waals surface area contributed by atoms with Gasteiger partial charge in [-0.15, -0.1) is 0 Å². The summed E-state index contributed by atoms with van der Waals surface area (Å²) in [7, 11) is 1.21. The molecule has 8 heteroatoms. The molecule has 1 atom stereocenters. The third kappa shape index (κ3) is 6.58. The molecule has 2 rings (SSSR count). The number of benzene rings is 1. The molecule has 1 saturated heterocycles. The van der Waals surface area contributed by atoms with Crippen LogP contribution in [0.2, 0.25) is 0 Å². The number of carbonyl (C=O) groups excluding carboxylic acids is 2. The number of nitrogens with one attached hydrogen (secondary N) is 1. The molecule has 0 aromatic heterocycles. The molecule has 1 aromatic rings. The predicted octanol–water partition coefficient (Wildman–Crippen LogP) is 3.71. The van der Waals surface area contributed by atoms with Gasteiger partial charge >= 0.3 is 12.1 Å². The summed E-state index contributed by atoms with van der Waals surface area (Å²) in [5, 5.41) is 2.82. The van der Waals surface area contributed by atoms with E-state index in [0.29, 0.717) is 18.8 Å². The summed E-state index contributed by atoms with van der Waals surface area (Å²) in [6.07, 6.45) is 1.05. The Bertz CT molecular complexity index is 689. The maximum absolute atomic E-state index is 14.5. The smallest absolute Gasteiger partial charge is 0.407 e. The second-order valence-corrected chi connectivity index (χ2v) is 7.31. The van der Waals surface area contributed by atoms with Crippen molar-refractivity contribution in [3.8, 4) is 0 Å². The maximum atomic E-state index is 14.5. The van der Waals surface area contributed by atoms with Crippen molar-refractivity contribution < 1.29 is 23.5 Å². The Morgan fingerprint density at radius 3 is 2.50 bits per heavy atom. The number of carbonyl (C=O) groups is 2. The largest absolute Gasteiger partial charge is 0.465 e. The van der Waals surface area contributed by atoms with Gasteiger partial charge in [-0.3, -0.25) is 0 Å². The van der Waals surface area contributed by atoms with Gasteiger partial charge in [-0.1, -0.05) is 13.8 Å². The van der Waals surface area contributed by atoms with E-state index in [1.807, 2.05) is 13.8 Å². The zero-order chi connectivity index (χ0) is 21.5. The van der Waals surface area contributed by atoms with Gasteiger partial charge in [-0.25, -0.2) is 14.0 Å². The van der Waals surface area contributed by atoms with Gasteiger partial charge in [0.15, 0.2) is 0 Å². The summed E-state index contributed by atoms with van der Waals surface area (Å²) in [6, 6.07) is 2.35. The lowest BCUT2D eigenvalue weighted by molar-refractivity contribution is 0.0499. The van der Waals surface area contributed by atoms with Crippen molar-refractivity contribution >= 4 is 23.4 Å². The van der Waals surface area contributed by atoms with Crippen molar-refractivity contribution in [1.29, 1.82) is 0 Å². The molecule has 1 aliphatic rings. The van der Waals surface area contributed by atoms with Gasteiger partial charge < -0.3 is 25.4 Å². The number of nitrogens with zero attached hydrogens (tertiary/aromatic N) is 1. The first-order chi connectivity index (χ1) is 13.1. The highest BCUT2D eigenvalue weighted by atomic mass is 19.1. The molecule has 7 nitrogen and oxygen atoms in total. The summed E-state index contributed by atoms with van der Waals surface area (Å²) in [5.74, 6) is -1.24. The molecule has 1 heterocycles. The molecule has 1 fully saturated rings. The van der Waals surface area contributed by atoms with E-state index >= 15 is 0 Å². The van der Waals surface area contributed by atoms with E-state index in [1.165, 1.54) is 13.2 Å². The zero-order valence-corrected chi connectivity index (χ0v) is 17.6. The maximum Gasteiger partial charge on any atom is 0.407 e. The SMILES string of the molecule is CC.COC(=O)c1cc(F)c(N2CCCC(NC(=O)OC(C)(C)C)C2)cc1N. The average molecular weight is 397 g/mol. The van der Waals surface area contributed by atoms with E-state index < -0.39 is 23.5 Å². The number of methoxy groups -OCH3 is 1. The van der Waals surface area contributed by atoms with Crippen molar-refractivity contribution in [3.05, 3.63) is 23.5 Å². The number of amides is 1. The van der Waals surface area contributed by atoms with Gasteiger partial charge in [0.1, 0.15) is 11.4 Å². The van der Waals surface area contributed by atoms with Crippen LogP contribution in [0.25, 0.3) is 0 Å². The third-order valence-corrected chi connectivity index (χ3v) is 4.01. The topological polar surface area (TPSA) is 93.9 Å². The van der Waals surface area contributed by atoms with E-state index in [2.05, 4.69) is 10.1 Å². The summed E-state index contributed by atoms with van der Waals surface area (Å²) in [6.45, 7) is 10.4. The van der Waals surface area contributed by atoms with Crippen LogP contribution in [0.15, 0.2) is 12.1 Å². The number of ether oxygens (including phenoxy) is 2. The monoisotopic (exact) mass is 397 g/mol. The molecule has 0 aliphatic carbocycles. The van der Waals surface area contributed by atoms with Crippen molar-refractivity contribution in [1.82, 2.24) is 5.32 Å². The molecular formula is C20H32FN3O4. The molecular weight excluding hydrogens is 365 g/mol. The number of piperidine rings is 1. The number of esters is 1. The highest BCUT2D eigenvalue weighted by Gasteiger charge is 2.26. The number of alkyl carbamates (subject to hydrolysis) is 1. The first-order valence-corrected chi connectivity index (χ1v) is 9.52. The molecule has 28 heavy (non-hydrogen) atoms. The van der Waals surface area contributed by atoms with Crippen molar-refractivity contribution in [2.75, 3.05) is 30.8 Å². The number of hydrogen-bond donors (Lipinski definition) is 2. The summed E-state index contributed by atoms with van der Waals surface area (Å²) < 4.78 is 24.4. The fraction of sp³-hybridized carbons (Fsp3) is 0.600.